The summed E-state index contributed by atoms with van der Waals surface area (Å²) in [6.07, 6.45) is 0. The molecule has 0 bridgehead atoms. The average Bonchev–Trinajstić information content (AvgIpc) is 2.97. The minimum Gasteiger partial charge on any atom is -0.494 e. The Morgan fingerprint density at radius 3 is 0.837 bits per heavy atom. The van der Waals surface area contributed by atoms with Gasteiger partial charge in [0, 0.05) is 20.7 Å². The van der Waals surface area contributed by atoms with Gasteiger partial charge in [0.15, 0.2) is 0 Å². The van der Waals surface area contributed by atoms with Crippen LogP contribution >= 0.6 is 0 Å². The van der Waals surface area contributed by atoms with E-state index in [4.69, 9.17) is 23.1 Å². The summed E-state index contributed by atoms with van der Waals surface area (Å²) >= 11 is 0. The molecule has 4 rings (SSSR count). The Kier molecular flexibility index (Phi) is 11.5. The van der Waals surface area contributed by atoms with Gasteiger partial charge in [-0.3, -0.25) is 0 Å². The summed E-state index contributed by atoms with van der Waals surface area (Å²) in [7, 11) is -3.93. The third-order valence-corrected chi connectivity index (χ3v) is 13.3. The fraction of sp³-hybridized carbons (Fsp3) is 0.333. The van der Waals surface area contributed by atoms with E-state index >= 15 is 0 Å². The van der Waals surface area contributed by atoms with Gasteiger partial charge < -0.3 is 23.1 Å². The largest absolute Gasteiger partial charge is 0.494 e. The zero-order valence-electron chi connectivity index (χ0n) is 26.8. The van der Waals surface area contributed by atoms with Crippen molar-refractivity contribution < 1.29 is 23.1 Å². The maximum Gasteiger partial charge on any atom is 0.280 e. The second-order valence-corrected chi connectivity index (χ2v) is 14.4. The molecule has 43 heavy (non-hydrogen) atoms. The van der Waals surface area contributed by atoms with E-state index in [2.05, 4.69) is 100 Å². The standard InChI is InChI=1S/C36H44O5Si2/c1-9-37-29-21-13-17-25(5)33(29)42(34-26(6)18-14-22-30(34)38-10-2)41-43(35-27(7)19-15-23-31(35)39-11-3)36-28(8)20-16-24-32(36)40-12-4/h13-24H,9-12H2,1-8H3. The maximum absolute atomic E-state index is 7.75. The van der Waals surface area contributed by atoms with Crippen molar-refractivity contribution in [1.29, 1.82) is 0 Å². The molecular formula is C36H44O5Si2. The van der Waals surface area contributed by atoms with Gasteiger partial charge >= 0.3 is 0 Å². The van der Waals surface area contributed by atoms with E-state index in [-0.39, 0.29) is 0 Å². The van der Waals surface area contributed by atoms with Gasteiger partial charge in [0.05, 0.1) is 26.4 Å². The van der Waals surface area contributed by atoms with E-state index in [9.17, 15) is 0 Å². The van der Waals surface area contributed by atoms with Gasteiger partial charge in [-0.25, -0.2) is 0 Å². The highest BCUT2D eigenvalue weighted by Crippen LogP contribution is 2.23. The van der Waals surface area contributed by atoms with Crippen LogP contribution in [-0.4, -0.2) is 44.5 Å². The third-order valence-electron chi connectivity index (χ3n) is 7.25. The molecule has 0 heterocycles. The maximum atomic E-state index is 7.75. The number of hydrogen-bond donors (Lipinski definition) is 0. The Morgan fingerprint density at radius 1 is 0.395 bits per heavy atom. The molecule has 4 aromatic rings. The van der Waals surface area contributed by atoms with Crippen LogP contribution in [0.15, 0.2) is 72.8 Å². The second kappa shape index (κ2) is 15.3. The summed E-state index contributed by atoms with van der Waals surface area (Å²) in [5, 5.41) is 4.41. The Labute approximate surface area is 261 Å². The molecule has 0 spiro atoms. The highest BCUT2D eigenvalue weighted by Gasteiger charge is 2.38. The first kappa shape index (κ1) is 32.4. The van der Waals surface area contributed by atoms with Crippen molar-refractivity contribution in [1.82, 2.24) is 0 Å². The normalized spacial score (nSPS) is 11.2. The monoisotopic (exact) mass is 612 g/mol. The minimum absolute atomic E-state index is 0.564. The molecule has 0 unspecified atom stereocenters. The van der Waals surface area contributed by atoms with Crippen LogP contribution < -0.4 is 39.7 Å². The van der Waals surface area contributed by atoms with Crippen molar-refractivity contribution in [3.05, 3.63) is 95.1 Å². The topological polar surface area (TPSA) is 46.2 Å². The molecule has 0 saturated carbocycles. The fourth-order valence-corrected chi connectivity index (χ4v) is 11.6. The van der Waals surface area contributed by atoms with Gasteiger partial charge in [-0.2, -0.15) is 0 Å². The molecule has 0 aliphatic heterocycles. The first-order chi connectivity index (χ1) is 20.9. The predicted octanol–water partition coefficient (Wildman–Crippen LogP) is 5.44. The van der Waals surface area contributed by atoms with Crippen molar-refractivity contribution in [2.45, 2.75) is 55.4 Å². The van der Waals surface area contributed by atoms with Gasteiger partial charge in [-0.1, -0.05) is 48.5 Å². The molecule has 0 N–H and O–H groups in total. The van der Waals surface area contributed by atoms with E-state index in [1.807, 2.05) is 27.7 Å². The summed E-state index contributed by atoms with van der Waals surface area (Å²) in [5.41, 5.74) is 4.54. The average molecular weight is 613 g/mol. The van der Waals surface area contributed by atoms with E-state index in [1.165, 1.54) is 0 Å². The summed E-state index contributed by atoms with van der Waals surface area (Å²) in [4.78, 5) is 0. The molecule has 0 amide bonds. The van der Waals surface area contributed by atoms with Crippen LogP contribution in [0.4, 0.5) is 0 Å². The van der Waals surface area contributed by atoms with Gasteiger partial charge in [0.2, 0.25) is 0 Å². The van der Waals surface area contributed by atoms with Crippen LogP contribution in [0.5, 0.6) is 23.0 Å². The zero-order valence-corrected chi connectivity index (χ0v) is 28.8. The Morgan fingerprint density at radius 2 is 0.628 bits per heavy atom. The van der Waals surface area contributed by atoms with Gasteiger partial charge in [-0.15, -0.1) is 0 Å². The Bertz CT molecular complexity index is 1300. The third kappa shape index (κ3) is 7.17. The van der Waals surface area contributed by atoms with Crippen LogP contribution in [0.2, 0.25) is 0 Å². The van der Waals surface area contributed by atoms with E-state index in [1.54, 1.807) is 0 Å². The second-order valence-electron chi connectivity index (χ2n) is 10.3. The van der Waals surface area contributed by atoms with Crippen molar-refractivity contribution >= 4 is 38.8 Å². The molecule has 2 radical (unpaired) electrons. The van der Waals surface area contributed by atoms with Crippen molar-refractivity contribution in [2.24, 2.45) is 0 Å². The Balaban J connectivity index is 2.09. The summed E-state index contributed by atoms with van der Waals surface area (Å²) in [6, 6.07) is 25.1. The molecular weight excluding hydrogens is 569 g/mol. The number of rotatable bonds is 14. The number of ether oxygens (including phenoxy) is 4. The highest BCUT2D eigenvalue weighted by molar-refractivity contribution is 6.93. The molecule has 7 heteroatoms. The predicted molar refractivity (Wildman–Crippen MR) is 181 cm³/mol. The first-order valence-corrected chi connectivity index (χ1v) is 18.0. The molecule has 226 valence electrons. The van der Waals surface area contributed by atoms with Crippen molar-refractivity contribution in [3.8, 4) is 23.0 Å². The van der Waals surface area contributed by atoms with Crippen LogP contribution in [0.1, 0.15) is 49.9 Å². The quantitative estimate of drug-likeness (QED) is 0.178. The molecule has 4 aromatic carbocycles. The van der Waals surface area contributed by atoms with Crippen LogP contribution in [0, 0.1) is 27.7 Å². The van der Waals surface area contributed by atoms with Crippen LogP contribution in [-0.2, 0) is 4.12 Å². The zero-order chi connectivity index (χ0) is 30.9. The summed E-state index contributed by atoms with van der Waals surface area (Å²) < 4.78 is 32.9. The number of aryl methyl sites for hydroxylation is 4. The highest BCUT2D eigenvalue weighted by atomic mass is 28.4. The van der Waals surface area contributed by atoms with Crippen molar-refractivity contribution in [3.63, 3.8) is 0 Å². The van der Waals surface area contributed by atoms with Gasteiger partial charge in [0.25, 0.3) is 18.1 Å². The lowest BCUT2D eigenvalue weighted by molar-refractivity contribution is 0.340. The lowest BCUT2D eigenvalue weighted by Gasteiger charge is -2.30. The van der Waals surface area contributed by atoms with Gasteiger partial charge in [0.1, 0.15) is 23.0 Å². The van der Waals surface area contributed by atoms with E-state index in [0.29, 0.717) is 26.4 Å². The first-order valence-electron chi connectivity index (χ1n) is 15.2. The number of hydrogen-bond acceptors (Lipinski definition) is 5. The lowest BCUT2D eigenvalue weighted by Crippen LogP contribution is -2.58. The Hall–Kier alpha value is -3.53. The summed E-state index contributed by atoms with van der Waals surface area (Å²) in [5.74, 6) is 3.42. The minimum atomic E-state index is -1.97. The SMILES string of the molecule is CCOc1cccc(C)c1[Si](O[Si](c1c(C)cccc1OCC)c1c(C)cccc1OCC)c1c(C)cccc1OCC. The smallest absolute Gasteiger partial charge is 0.280 e. The van der Waals surface area contributed by atoms with Crippen molar-refractivity contribution in [2.75, 3.05) is 26.4 Å². The number of benzene rings is 4. The van der Waals surface area contributed by atoms with Crippen LogP contribution in [0.3, 0.4) is 0 Å². The molecule has 0 aromatic heterocycles. The van der Waals surface area contributed by atoms with E-state index < -0.39 is 18.1 Å². The molecule has 0 aliphatic rings. The van der Waals surface area contributed by atoms with Crippen LogP contribution in [0.25, 0.3) is 0 Å². The van der Waals surface area contributed by atoms with E-state index in [0.717, 1.165) is 66.0 Å². The van der Waals surface area contributed by atoms with Gasteiger partial charge in [-0.05, 0) is 102 Å². The molecule has 0 saturated heterocycles. The lowest BCUT2D eigenvalue weighted by atomic mass is 10.2. The molecule has 5 nitrogen and oxygen atoms in total. The summed E-state index contributed by atoms with van der Waals surface area (Å²) in [6.45, 7) is 18.9. The molecule has 0 aliphatic carbocycles. The fourth-order valence-electron chi connectivity index (χ4n) is 5.39. The molecule has 0 atom stereocenters. The molecule has 0 fully saturated rings.